The molecule has 0 aliphatic carbocycles. The van der Waals surface area contributed by atoms with E-state index in [4.69, 9.17) is 14.7 Å². The molecule has 5 aromatic rings. The number of nitrogens with one attached hydrogen (secondary N) is 5. The summed E-state index contributed by atoms with van der Waals surface area (Å²) in [5.41, 5.74) is 4.05. The van der Waals surface area contributed by atoms with Crippen LogP contribution in [0.2, 0.25) is 0 Å². The second-order valence-corrected chi connectivity index (χ2v) is 19.4. The SMILES string of the molecule is COC1(C(=O)N[C@@H](C)c2ccc(-n3cc(F)cn3)nc2)CCN(c2nc(CCCCC(=O)NCCCCN3CCN(c4ccc5c(c4)CN(C4CCC(=O)NC4=O)C5=O)CC3)cc(Nc3cc(C)[nH]n3)n2)CC1. The van der Waals surface area contributed by atoms with Crippen molar-refractivity contribution in [2.24, 2.45) is 0 Å². The number of piperidine rings is 2. The zero-order valence-electron chi connectivity index (χ0n) is 41.7. The number of benzene rings is 1. The Morgan fingerprint density at radius 1 is 0.932 bits per heavy atom. The van der Waals surface area contributed by atoms with Gasteiger partial charge in [-0.2, -0.15) is 15.2 Å². The average Bonchev–Trinajstić information content (AvgIpc) is 4.12. The first kappa shape index (κ1) is 50.6. The van der Waals surface area contributed by atoms with Gasteiger partial charge in [-0.1, -0.05) is 6.07 Å². The third-order valence-electron chi connectivity index (χ3n) is 14.3. The molecule has 3 fully saturated rings. The van der Waals surface area contributed by atoms with Crippen LogP contribution in [0.15, 0.2) is 61.1 Å². The molecule has 0 saturated carbocycles. The summed E-state index contributed by atoms with van der Waals surface area (Å²) in [6.07, 6.45) is 9.78. The Hall–Kier alpha value is -7.33. The molecular weight excluding hydrogens is 938 g/mol. The number of hydrogen-bond donors (Lipinski definition) is 5. The maximum Gasteiger partial charge on any atom is 0.255 e. The largest absolute Gasteiger partial charge is 0.369 e. The van der Waals surface area contributed by atoms with Crippen molar-refractivity contribution in [1.82, 2.24) is 60.7 Å². The van der Waals surface area contributed by atoms with Crippen molar-refractivity contribution in [3.8, 4) is 5.82 Å². The summed E-state index contributed by atoms with van der Waals surface area (Å²) in [5, 5.41) is 23.1. The highest BCUT2D eigenvalue weighted by Gasteiger charge is 2.43. The highest BCUT2D eigenvalue weighted by molar-refractivity contribution is 6.05. The molecule has 4 aliphatic heterocycles. The molecular formula is C51H64FN15O6. The topological polar surface area (TPSA) is 241 Å². The van der Waals surface area contributed by atoms with Crippen molar-refractivity contribution < 1.29 is 33.1 Å². The molecule has 386 valence electrons. The number of methoxy groups -OCH3 is 1. The quantitative estimate of drug-likeness (QED) is 0.0547. The predicted molar refractivity (Wildman–Crippen MR) is 269 cm³/mol. The molecule has 0 spiro atoms. The van der Waals surface area contributed by atoms with E-state index >= 15 is 0 Å². The minimum atomic E-state index is -1.06. The molecule has 3 saturated heterocycles. The first-order chi connectivity index (χ1) is 35.3. The summed E-state index contributed by atoms with van der Waals surface area (Å²) in [7, 11) is 1.56. The number of carbonyl (C=O) groups is 5. The molecule has 5 N–H and O–H groups in total. The summed E-state index contributed by atoms with van der Waals surface area (Å²) >= 11 is 0. The van der Waals surface area contributed by atoms with Crippen molar-refractivity contribution in [3.05, 3.63) is 95.0 Å². The minimum Gasteiger partial charge on any atom is -0.369 e. The van der Waals surface area contributed by atoms with Gasteiger partial charge in [-0.25, -0.2) is 19.0 Å². The molecule has 2 atom stereocenters. The van der Waals surface area contributed by atoms with Gasteiger partial charge >= 0.3 is 0 Å². The number of aryl methyl sites for hydroxylation is 2. The molecule has 8 heterocycles. The zero-order valence-corrected chi connectivity index (χ0v) is 41.7. The Bertz CT molecular complexity index is 2780. The lowest BCUT2D eigenvalue weighted by molar-refractivity contribution is -0.146. The van der Waals surface area contributed by atoms with Crippen LogP contribution in [-0.4, -0.2) is 145 Å². The number of amides is 5. The van der Waals surface area contributed by atoms with Crippen LogP contribution in [0.3, 0.4) is 0 Å². The number of nitrogens with zero attached hydrogens (tertiary/aromatic N) is 10. The number of hydrogen-bond acceptors (Lipinski definition) is 15. The second kappa shape index (κ2) is 22.6. The third kappa shape index (κ3) is 12.1. The highest BCUT2D eigenvalue weighted by atomic mass is 19.1. The van der Waals surface area contributed by atoms with Crippen molar-refractivity contribution in [2.45, 2.75) is 102 Å². The lowest BCUT2D eigenvalue weighted by Crippen LogP contribution is -2.55. The molecule has 1 aromatic carbocycles. The monoisotopic (exact) mass is 1000 g/mol. The summed E-state index contributed by atoms with van der Waals surface area (Å²) in [5.74, 6) is 0.721. The van der Waals surface area contributed by atoms with E-state index in [1.807, 2.05) is 44.2 Å². The van der Waals surface area contributed by atoms with E-state index in [2.05, 4.69) is 62.3 Å². The molecule has 1 unspecified atom stereocenters. The van der Waals surface area contributed by atoms with Crippen LogP contribution in [0.1, 0.15) is 104 Å². The Morgan fingerprint density at radius 2 is 1.75 bits per heavy atom. The Labute approximate surface area is 423 Å². The molecule has 73 heavy (non-hydrogen) atoms. The standard InChI is InChI=1S/C51H64FN15O6/c1-33-26-43(62-61-33)58-42-28-38(57-50(59-42)65-20-16-51(73-3,17-21-65)49(72)56-34(2)35-10-14-44(54-29-35)67-32-37(52)30-55-67)8-4-5-9-45(68)53-18-6-7-19-63-22-24-64(25-23-63)39-11-12-40-36(27-39)31-66(48(40)71)41-13-15-46(69)60-47(41)70/h10-12,14,26-30,32,34,41H,4-9,13,15-25,31H2,1-3H3,(H,53,68)(H,56,72)(H,60,69,70)(H2,57,58,59,61,62)/t34-,41?/m0/s1. The van der Waals surface area contributed by atoms with Crippen LogP contribution in [0, 0.1) is 12.7 Å². The smallest absolute Gasteiger partial charge is 0.255 e. The van der Waals surface area contributed by atoms with Gasteiger partial charge in [0.25, 0.3) is 11.8 Å². The van der Waals surface area contributed by atoms with Crippen LogP contribution < -0.4 is 31.1 Å². The van der Waals surface area contributed by atoms with Gasteiger partial charge in [0.15, 0.2) is 17.5 Å². The number of ether oxygens (including phenoxy) is 1. The van der Waals surface area contributed by atoms with Crippen LogP contribution >= 0.6 is 0 Å². The average molecular weight is 1000 g/mol. The fourth-order valence-corrected chi connectivity index (χ4v) is 10.0. The number of fused-ring (bicyclic) bond motifs is 1. The van der Waals surface area contributed by atoms with Gasteiger partial charge in [-0.05, 0) is 94.3 Å². The van der Waals surface area contributed by atoms with Crippen LogP contribution in [0.25, 0.3) is 5.82 Å². The summed E-state index contributed by atoms with van der Waals surface area (Å²) in [6.45, 7) is 10.3. The van der Waals surface area contributed by atoms with Gasteiger partial charge < -0.3 is 35.4 Å². The van der Waals surface area contributed by atoms with Gasteiger partial charge in [0.05, 0.1) is 18.4 Å². The molecule has 21 nitrogen and oxygen atoms in total. The van der Waals surface area contributed by atoms with Gasteiger partial charge in [0, 0.05) is 126 Å². The van der Waals surface area contributed by atoms with E-state index in [0.717, 1.165) is 86.4 Å². The number of unbranched alkanes of at least 4 members (excludes halogenated alkanes) is 2. The second-order valence-electron chi connectivity index (χ2n) is 19.4. The first-order valence-electron chi connectivity index (χ1n) is 25.3. The number of aromatic amines is 1. The fourth-order valence-electron chi connectivity index (χ4n) is 10.0. The van der Waals surface area contributed by atoms with E-state index < -0.39 is 23.4 Å². The number of carbonyl (C=O) groups excluding carboxylic acids is 5. The number of imide groups is 1. The number of H-pyrrole nitrogens is 1. The predicted octanol–water partition coefficient (Wildman–Crippen LogP) is 4.03. The van der Waals surface area contributed by atoms with Crippen molar-refractivity contribution >= 4 is 52.8 Å². The van der Waals surface area contributed by atoms with E-state index in [9.17, 15) is 28.4 Å². The summed E-state index contributed by atoms with van der Waals surface area (Å²) < 4.78 is 20.8. The Kier molecular flexibility index (Phi) is 15.7. The van der Waals surface area contributed by atoms with Gasteiger partial charge in [0.1, 0.15) is 17.5 Å². The minimum absolute atomic E-state index is 0.0377. The number of rotatable bonds is 20. The maximum absolute atomic E-state index is 13.8. The number of piperazine rings is 1. The van der Waals surface area contributed by atoms with Crippen molar-refractivity contribution in [2.75, 3.05) is 74.6 Å². The van der Waals surface area contributed by atoms with Crippen LogP contribution in [-0.2, 0) is 36.9 Å². The van der Waals surface area contributed by atoms with Crippen LogP contribution in [0.5, 0.6) is 0 Å². The Balaban J connectivity index is 0.691. The summed E-state index contributed by atoms with van der Waals surface area (Å²) in [4.78, 5) is 86.6. The molecule has 5 amide bonds. The third-order valence-corrected chi connectivity index (χ3v) is 14.3. The highest BCUT2D eigenvalue weighted by Crippen LogP contribution is 2.33. The van der Waals surface area contributed by atoms with Gasteiger partial charge in [0.2, 0.25) is 23.7 Å². The zero-order chi connectivity index (χ0) is 51.1. The lowest BCUT2D eigenvalue weighted by Gasteiger charge is -2.40. The normalized spacial score (nSPS) is 18.4. The molecule has 0 bridgehead atoms. The molecule has 22 heteroatoms. The lowest BCUT2D eigenvalue weighted by atomic mass is 9.89. The molecule has 4 aromatic heterocycles. The molecule has 9 rings (SSSR count). The molecule has 4 aliphatic rings. The maximum atomic E-state index is 13.8. The van der Waals surface area contributed by atoms with E-state index in [1.54, 1.807) is 24.3 Å². The summed E-state index contributed by atoms with van der Waals surface area (Å²) in [6, 6.07) is 12.3. The van der Waals surface area contributed by atoms with Crippen molar-refractivity contribution in [3.63, 3.8) is 0 Å². The Morgan fingerprint density at radius 3 is 2.47 bits per heavy atom. The fraction of sp³-hybridized carbons (Fsp3) is 0.490. The van der Waals surface area contributed by atoms with Crippen molar-refractivity contribution in [1.29, 1.82) is 0 Å². The molecule has 0 radical (unpaired) electrons. The number of pyridine rings is 1. The van der Waals surface area contributed by atoms with Crippen LogP contribution in [0.4, 0.5) is 27.7 Å². The number of halogens is 1. The number of anilines is 4. The van der Waals surface area contributed by atoms with Gasteiger partial charge in [-0.15, -0.1) is 0 Å². The van der Waals surface area contributed by atoms with Gasteiger partial charge in [-0.3, -0.25) is 39.3 Å². The number of aromatic nitrogens is 7. The van der Waals surface area contributed by atoms with E-state index in [1.165, 1.54) is 10.9 Å². The van der Waals surface area contributed by atoms with E-state index in [-0.39, 0.29) is 36.1 Å². The first-order valence-corrected chi connectivity index (χ1v) is 25.3. The van der Waals surface area contributed by atoms with E-state index in [0.29, 0.717) is 93.7 Å².